The van der Waals surface area contributed by atoms with E-state index in [0.717, 1.165) is 4.31 Å². The zero-order valence-electron chi connectivity index (χ0n) is 11.3. The van der Waals surface area contributed by atoms with E-state index in [1.54, 1.807) is 13.8 Å². The maximum atomic E-state index is 12.4. The van der Waals surface area contributed by atoms with Crippen molar-refractivity contribution in [1.82, 2.24) is 4.31 Å². The van der Waals surface area contributed by atoms with Crippen molar-refractivity contribution in [2.45, 2.75) is 25.2 Å². The first-order valence-electron chi connectivity index (χ1n) is 6.05. The van der Waals surface area contributed by atoms with E-state index in [2.05, 4.69) is 0 Å². The van der Waals surface area contributed by atoms with Crippen LogP contribution in [0.4, 0.5) is 0 Å². The fraction of sp³-hybridized carbons (Fsp3) is 0.385. The third kappa shape index (κ3) is 3.56. The number of sulfonamides is 1. The van der Waals surface area contributed by atoms with Gasteiger partial charge >= 0.3 is 5.97 Å². The average molecular weight is 296 g/mol. The van der Waals surface area contributed by atoms with E-state index in [1.807, 2.05) is 6.07 Å². The smallest absolute Gasteiger partial charge is 0.318 e. The monoisotopic (exact) mass is 296 g/mol. The molecule has 0 aliphatic carbocycles. The van der Waals surface area contributed by atoms with Gasteiger partial charge in [0, 0.05) is 6.54 Å². The molecule has 0 heterocycles. The largest absolute Gasteiger partial charge is 0.480 e. The van der Waals surface area contributed by atoms with E-state index >= 15 is 0 Å². The van der Waals surface area contributed by atoms with Crippen LogP contribution in [0.3, 0.4) is 0 Å². The molecule has 1 aromatic rings. The van der Waals surface area contributed by atoms with Crippen LogP contribution in [-0.4, -0.2) is 36.9 Å². The van der Waals surface area contributed by atoms with Crippen molar-refractivity contribution in [3.63, 3.8) is 0 Å². The molecule has 1 N–H and O–H groups in total. The van der Waals surface area contributed by atoms with Crippen LogP contribution in [0.1, 0.15) is 24.5 Å². The summed E-state index contributed by atoms with van der Waals surface area (Å²) in [6.07, 6.45) is 0.516. The number of benzene rings is 1. The predicted molar refractivity (Wildman–Crippen MR) is 72.6 cm³/mol. The second-order valence-electron chi connectivity index (χ2n) is 4.32. The molecule has 0 saturated carbocycles. The maximum Gasteiger partial charge on any atom is 0.318 e. The Hall–Kier alpha value is -1.91. The molecule has 0 spiro atoms. The van der Waals surface area contributed by atoms with Crippen LogP contribution in [0.25, 0.3) is 0 Å². The Morgan fingerprint density at radius 2 is 2.10 bits per heavy atom. The van der Waals surface area contributed by atoms with Gasteiger partial charge in [-0.05, 0) is 37.1 Å². The summed E-state index contributed by atoms with van der Waals surface area (Å²) < 4.78 is 25.7. The molecule has 0 aliphatic heterocycles. The highest BCUT2D eigenvalue weighted by Gasteiger charge is 2.26. The first-order chi connectivity index (χ1) is 9.32. The fourth-order valence-corrected chi connectivity index (χ4v) is 3.32. The van der Waals surface area contributed by atoms with Crippen molar-refractivity contribution < 1.29 is 18.3 Å². The summed E-state index contributed by atoms with van der Waals surface area (Å²) in [6, 6.07) is 6.09. The lowest BCUT2D eigenvalue weighted by molar-refractivity contribution is -0.137. The third-order valence-electron chi connectivity index (χ3n) is 2.74. The van der Waals surface area contributed by atoms with Crippen LogP contribution in [0.2, 0.25) is 0 Å². The van der Waals surface area contributed by atoms with Crippen molar-refractivity contribution >= 4 is 16.0 Å². The highest BCUT2D eigenvalue weighted by Crippen LogP contribution is 2.19. The lowest BCUT2D eigenvalue weighted by Gasteiger charge is -2.20. The number of aliphatic carboxylic acids is 1. The lowest BCUT2D eigenvalue weighted by atomic mass is 10.1. The topological polar surface area (TPSA) is 98.5 Å². The normalized spacial score (nSPS) is 11.3. The van der Waals surface area contributed by atoms with Gasteiger partial charge in [0.1, 0.15) is 6.54 Å². The van der Waals surface area contributed by atoms with Crippen LogP contribution < -0.4 is 0 Å². The van der Waals surface area contributed by atoms with Crippen LogP contribution >= 0.6 is 0 Å². The number of carboxylic acid groups (broad SMARTS) is 1. The Bertz CT molecular complexity index is 647. The van der Waals surface area contributed by atoms with E-state index in [1.165, 1.54) is 18.2 Å². The summed E-state index contributed by atoms with van der Waals surface area (Å²) in [6.45, 7) is 2.97. The molecule has 1 rings (SSSR count). The SMILES string of the molecule is CCCN(CC(=O)O)S(=O)(=O)c1ccc(C#N)c(C)c1. The van der Waals surface area contributed by atoms with Crippen LogP contribution in [0.15, 0.2) is 23.1 Å². The molecule has 108 valence electrons. The fourth-order valence-electron chi connectivity index (χ4n) is 1.76. The molecule has 0 aromatic heterocycles. The molecule has 0 radical (unpaired) electrons. The maximum absolute atomic E-state index is 12.4. The molecule has 20 heavy (non-hydrogen) atoms. The first kappa shape index (κ1) is 16.1. The molecule has 0 bridgehead atoms. The highest BCUT2D eigenvalue weighted by molar-refractivity contribution is 7.89. The first-order valence-corrected chi connectivity index (χ1v) is 7.49. The summed E-state index contributed by atoms with van der Waals surface area (Å²) in [5.74, 6) is -1.20. The average Bonchev–Trinajstić information content (AvgIpc) is 2.37. The number of nitrogens with zero attached hydrogens (tertiary/aromatic N) is 2. The van der Waals surface area contributed by atoms with Gasteiger partial charge in [0.05, 0.1) is 16.5 Å². The Kier molecular flexibility index (Phi) is 5.25. The van der Waals surface area contributed by atoms with Gasteiger partial charge in [-0.2, -0.15) is 9.57 Å². The molecule has 1 aromatic carbocycles. The standard InChI is InChI=1S/C13H16N2O4S/c1-3-6-15(9-13(16)17)20(18,19)12-5-4-11(8-14)10(2)7-12/h4-5,7H,3,6,9H2,1-2H3,(H,16,17). The van der Waals surface area contributed by atoms with Crippen molar-refractivity contribution in [1.29, 1.82) is 5.26 Å². The molecular weight excluding hydrogens is 280 g/mol. The Morgan fingerprint density at radius 1 is 1.45 bits per heavy atom. The highest BCUT2D eigenvalue weighted by atomic mass is 32.2. The number of hydrogen-bond donors (Lipinski definition) is 1. The molecular formula is C13H16N2O4S. The zero-order chi connectivity index (χ0) is 15.3. The van der Waals surface area contributed by atoms with Gasteiger partial charge in [0.2, 0.25) is 10.0 Å². The van der Waals surface area contributed by atoms with Crippen molar-refractivity contribution in [2.24, 2.45) is 0 Å². The van der Waals surface area contributed by atoms with Gasteiger partial charge in [-0.3, -0.25) is 4.79 Å². The Balaban J connectivity index is 3.22. The van der Waals surface area contributed by atoms with Gasteiger partial charge < -0.3 is 5.11 Å². The molecule has 0 saturated heterocycles. The zero-order valence-corrected chi connectivity index (χ0v) is 12.1. The van der Waals surface area contributed by atoms with E-state index < -0.39 is 22.5 Å². The molecule has 0 atom stereocenters. The minimum atomic E-state index is -3.86. The van der Waals surface area contributed by atoms with Gasteiger partial charge in [0.15, 0.2) is 0 Å². The minimum Gasteiger partial charge on any atom is -0.480 e. The summed E-state index contributed by atoms with van der Waals surface area (Å²) in [5.41, 5.74) is 0.935. The number of hydrogen-bond acceptors (Lipinski definition) is 4. The van der Waals surface area contributed by atoms with Crippen molar-refractivity contribution in [3.8, 4) is 6.07 Å². The van der Waals surface area contributed by atoms with Gasteiger partial charge in [0.25, 0.3) is 0 Å². The van der Waals surface area contributed by atoms with Crippen LogP contribution in [0.5, 0.6) is 0 Å². The number of rotatable bonds is 6. The van der Waals surface area contributed by atoms with Crippen molar-refractivity contribution in [3.05, 3.63) is 29.3 Å². The summed E-state index contributed by atoms with van der Waals surface area (Å²) in [4.78, 5) is 10.8. The summed E-state index contributed by atoms with van der Waals surface area (Å²) >= 11 is 0. The molecule has 7 heteroatoms. The van der Waals surface area contributed by atoms with Crippen LogP contribution in [-0.2, 0) is 14.8 Å². The van der Waals surface area contributed by atoms with E-state index in [4.69, 9.17) is 10.4 Å². The number of aryl methyl sites for hydroxylation is 1. The molecule has 0 unspecified atom stereocenters. The lowest BCUT2D eigenvalue weighted by Crippen LogP contribution is -2.36. The van der Waals surface area contributed by atoms with E-state index in [-0.39, 0.29) is 11.4 Å². The number of carbonyl (C=O) groups is 1. The van der Waals surface area contributed by atoms with Crippen LogP contribution in [0, 0.1) is 18.3 Å². The molecule has 0 fully saturated rings. The van der Waals surface area contributed by atoms with Crippen molar-refractivity contribution in [2.75, 3.05) is 13.1 Å². The third-order valence-corrected chi connectivity index (χ3v) is 4.58. The second-order valence-corrected chi connectivity index (χ2v) is 6.26. The van der Waals surface area contributed by atoms with E-state index in [9.17, 15) is 13.2 Å². The molecule has 0 aliphatic rings. The minimum absolute atomic E-state index is 0.00343. The van der Waals surface area contributed by atoms with E-state index in [0.29, 0.717) is 17.5 Å². The van der Waals surface area contributed by atoms with Gasteiger partial charge in [-0.1, -0.05) is 6.92 Å². The Morgan fingerprint density at radius 3 is 2.55 bits per heavy atom. The summed E-state index contributed by atoms with van der Waals surface area (Å²) in [7, 11) is -3.86. The van der Waals surface area contributed by atoms with Gasteiger partial charge in [-0.15, -0.1) is 0 Å². The molecule has 0 amide bonds. The predicted octanol–water partition coefficient (Wildman–Crippen LogP) is 1.35. The molecule has 6 nitrogen and oxygen atoms in total. The summed E-state index contributed by atoms with van der Waals surface area (Å²) in [5, 5.41) is 17.6. The number of nitriles is 1. The number of carboxylic acids is 1. The van der Waals surface area contributed by atoms with Gasteiger partial charge in [-0.25, -0.2) is 8.42 Å². The quantitative estimate of drug-likeness (QED) is 0.854. The Labute approximate surface area is 118 Å². The second kappa shape index (κ2) is 6.50.